The number of amides is 1. The Balaban J connectivity index is 1.92. The van der Waals surface area contributed by atoms with E-state index in [4.69, 9.17) is 16.3 Å². The summed E-state index contributed by atoms with van der Waals surface area (Å²) < 4.78 is 19.2. The molecule has 4 nitrogen and oxygen atoms in total. The van der Waals surface area contributed by atoms with Crippen molar-refractivity contribution < 1.29 is 13.9 Å². The molecule has 0 bridgehead atoms. The third-order valence-corrected chi connectivity index (χ3v) is 4.60. The van der Waals surface area contributed by atoms with E-state index < -0.39 is 5.82 Å². The molecule has 1 aromatic heterocycles. The van der Waals surface area contributed by atoms with Crippen molar-refractivity contribution >= 4 is 28.4 Å². The minimum Gasteiger partial charge on any atom is -0.497 e. The van der Waals surface area contributed by atoms with Crippen LogP contribution in [0.5, 0.6) is 5.75 Å². The molecule has 2 aromatic carbocycles. The highest BCUT2D eigenvalue weighted by molar-refractivity contribution is 6.31. The molecule has 0 saturated carbocycles. The first-order valence-electron chi connectivity index (χ1n) is 8.04. The number of methoxy groups -OCH3 is 1. The van der Waals surface area contributed by atoms with Crippen LogP contribution in [0, 0.1) is 12.7 Å². The van der Waals surface area contributed by atoms with Crippen LogP contribution in [0.25, 0.3) is 10.9 Å². The Morgan fingerprint density at radius 1 is 1.27 bits per heavy atom. The van der Waals surface area contributed by atoms with E-state index in [-0.39, 0.29) is 12.5 Å². The lowest BCUT2D eigenvalue weighted by atomic mass is 10.1. The van der Waals surface area contributed by atoms with Gasteiger partial charge in [0, 0.05) is 35.6 Å². The van der Waals surface area contributed by atoms with Crippen molar-refractivity contribution in [2.45, 2.75) is 13.5 Å². The summed E-state index contributed by atoms with van der Waals surface area (Å²) in [6, 6.07) is 11.7. The van der Waals surface area contributed by atoms with Gasteiger partial charge in [0.25, 0.3) is 5.91 Å². The SMILES string of the molecule is COc1ccc2cc(C(=O)N(C)Cc3c(F)cccc3Cl)c(C)nc2c1. The fraction of sp³-hybridized carbons (Fsp3) is 0.200. The quantitative estimate of drug-likeness (QED) is 0.671. The number of aromatic nitrogens is 1. The van der Waals surface area contributed by atoms with Crippen LogP contribution in [0.3, 0.4) is 0 Å². The van der Waals surface area contributed by atoms with Gasteiger partial charge in [-0.2, -0.15) is 0 Å². The lowest BCUT2D eigenvalue weighted by Crippen LogP contribution is -2.27. The minimum atomic E-state index is -0.433. The number of carbonyl (C=O) groups excluding carboxylic acids is 1. The van der Waals surface area contributed by atoms with Crippen molar-refractivity contribution in [2.24, 2.45) is 0 Å². The summed E-state index contributed by atoms with van der Waals surface area (Å²) in [5.74, 6) is 0.0273. The van der Waals surface area contributed by atoms with Gasteiger partial charge in [-0.05, 0) is 37.3 Å². The zero-order valence-electron chi connectivity index (χ0n) is 14.7. The maximum absolute atomic E-state index is 14.0. The highest BCUT2D eigenvalue weighted by Gasteiger charge is 2.19. The number of nitrogens with zero attached hydrogens (tertiary/aromatic N) is 2. The van der Waals surface area contributed by atoms with Gasteiger partial charge in [0.05, 0.1) is 23.9 Å². The summed E-state index contributed by atoms with van der Waals surface area (Å²) in [5, 5.41) is 1.13. The van der Waals surface area contributed by atoms with E-state index in [0.29, 0.717) is 27.6 Å². The van der Waals surface area contributed by atoms with Crippen molar-refractivity contribution in [3.8, 4) is 5.75 Å². The molecule has 26 heavy (non-hydrogen) atoms. The van der Waals surface area contributed by atoms with Crippen molar-refractivity contribution in [1.29, 1.82) is 0 Å². The van der Waals surface area contributed by atoms with Gasteiger partial charge in [0.1, 0.15) is 11.6 Å². The van der Waals surface area contributed by atoms with Crippen LogP contribution in [0.2, 0.25) is 5.02 Å². The third kappa shape index (κ3) is 3.48. The number of carbonyl (C=O) groups is 1. The van der Waals surface area contributed by atoms with E-state index in [1.807, 2.05) is 18.2 Å². The number of ether oxygens (including phenoxy) is 1. The lowest BCUT2D eigenvalue weighted by molar-refractivity contribution is 0.0783. The molecule has 1 amide bonds. The molecule has 0 fully saturated rings. The molecule has 0 aliphatic rings. The van der Waals surface area contributed by atoms with Gasteiger partial charge < -0.3 is 9.64 Å². The Labute approximate surface area is 156 Å². The fourth-order valence-electron chi connectivity index (χ4n) is 2.78. The van der Waals surface area contributed by atoms with Crippen molar-refractivity contribution in [2.75, 3.05) is 14.2 Å². The van der Waals surface area contributed by atoms with E-state index in [1.54, 1.807) is 33.2 Å². The first-order chi connectivity index (χ1) is 12.4. The number of fused-ring (bicyclic) bond motifs is 1. The second-order valence-corrected chi connectivity index (χ2v) is 6.45. The largest absolute Gasteiger partial charge is 0.497 e. The number of hydrogen-bond donors (Lipinski definition) is 0. The topological polar surface area (TPSA) is 42.4 Å². The predicted octanol–water partition coefficient (Wildman–Crippen LogP) is 4.62. The Morgan fingerprint density at radius 3 is 2.73 bits per heavy atom. The highest BCUT2D eigenvalue weighted by Crippen LogP contribution is 2.24. The van der Waals surface area contributed by atoms with Crippen molar-refractivity contribution in [1.82, 2.24) is 9.88 Å². The molecule has 0 aliphatic heterocycles. The summed E-state index contributed by atoms with van der Waals surface area (Å²) >= 11 is 6.06. The minimum absolute atomic E-state index is 0.0738. The van der Waals surface area contributed by atoms with Gasteiger partial charge in [-0.15, -0.1) is 0 Å². The smallest absolute Gasteiger partial charge is 0.255 e. The van der Waals surface area contributed by atoms with Crippen LogP contribution in [0.4, 0.5) is 4.39 Å². The Kier molecular flexibility index (Phi) is 5.09. The van der Waals surface area contributed by atoms with Crippen molar-refractivity contribution in [3.05, 3.63) is 70.1 Å². The number of rotatable bonds is 4. The van der Waals surface area contributed by atoms with Crippen LogP contribution >= 0.6 is 11.6 Å². The summed E-state index contributed by atoms with van der Waals surface area (Å²) in [4.78, 5) is 18.8. The highest BCUT2D eigenvalue weighted by atomic mass is 35.5. The summed E-state index contributed by atoms with van der Waals surface area (Å²) in [6.07, 6.45) is 0. The zero-order chi connectivity index (χ0) is 18.8. The fourth-order valence-corrected chi connectivity index (χ4v) is 3.01. The van der Waals surface area contributed by atoms with Crippen LogP contribution in [0.15, 0.2) is 42.5 Å². The molecule has 0 N–H and O–H groups in total. The zero-order valence-corrected chi connectivity index (χ0v) is 15.5. The molecule has 134 valence electrons. The molecule has 0 saturated heterocycles. The molecule has 0 atom stereocenters. The molecule has 3 rings (SSSR count). The van der Waals surface area contributed by atoms with Gasteiger partial charge >= 0.3 is 0 Å². The number of aryl methyl sites for hydroxylation is 1. The van der Waals surface area contributed by atoms with Gasteiger partial charge in [0.2, 0.25) is 0 Å². The summed E-state index contributed by atoms with van der Waals surface area (Å²) in [6.45, 7) is 1.85. The average Bonchev–Trinajstić information content (AvgIpc) is 2.63. The van der Waals surface area contributed by atoms with Gasteiger partial charge in [0.15, 0.2) is 0 Å². The number of pyridine rings is 1. The van der Waals surface area contributed by atoms with Crippen molar-refractivity contribution in [3.63, 3.8) is 0 Å². The summed E-state index contributed by atoms with van der Waals surface area (Å²) in [7, 11) is 3.21. The number of halogens is 2. The van der Waals surface area contributed by atoms with Gasteiger partial charge in [-0.25, -0.2) is 4.39 Å². The normalized spacial score (nSPS) is 10.8. The van der Waals surface area contributed by atoms with Crippen LogP contribution in [0.1, 0.15) is 21.6 Å². The van der Waals surface area contributed by atoms with E-state index in [1.165, 1.54) is 17.0 Å². The monoisotopic (exact) mass is 372 g/mol. The molecule has 0 aliphatic carbocycles. The van der Waals surface area contributed by atoms with E-state index in [9.17, 15) is 9.18 Å². The Bertz CT molecular complexity index is 971. The molecular formula is C20H18ClFN2O2. The van der Waals surface area contributed by atoms with Gasteiger partial charge in [-0.3, -0.25) is 9.78 Å². The van der Waals surface area contributed by atoms with E-state index >= 15 is 0 Å². The first-order valence-corrected chi connectivity index (χ1v) is 8.42. The first kappa shape index (κ1) is 18.1. The van der Waals surface area contributed by atoms with E-state index in [2.05, 4.69) is 4.98 Å². The second-order valence-electron chi connectivity index (χ2n) is 6.04. The van der Waals surface area contributed by atoms with Crippen LogP contribution < -0.4 is 4.74 Å². The molecule has 0 unspecified atom stereocenters. The Hall–Kier alpha value is -2.66. The molecule has 0 radical (unpaired) electrons. The van der Waals surface area contributed by atoms with Gasteiger partial charge in [-0.1, -0.05) is 17.7 Å². The number of benzene rings is 2. The maximum atomic E-state index is 14.0. The average molecular weight is 373 g/mol. The maximum Gasteiger partial charge on any atom is 0.255 e. The molecule has 1 heterocycles. The second kappa shape index (κ2) is 7.30. The Morgan fingerprint density at radius 2 is 2.04 bits per heavy atom. The third-order valence-electron chi connectivity index (χ3n) is 4.25. The van der Waals surface area contributed by atoms with E-state index in [0.717, 1.165) is 10.9 Å². The molecule has 0 spiro atoms. The summed E-state index contributed by atoms with van der Waals surface area (Å²) in [5.41, 5.74) is 2.11. The predicted molar refractivity (Wildman–Crippen MR) is 100 cm³/mol. The van der Waals surface area contributed by atoms with Crippen LogP contribution in [-0.2, 0) is 6.54 Å². The number of hydrogen-bond acceptors (Lipinski definition) is 3. The standard InChI is InChI=1S/C20H18ClFN2O2/c1-12-15(9-13-7-8-14(26-3)10-19(13)23-12)20(25)24(2)11-16-17(21)5-4-6-18(16)22/h4-10H,11H2,1-3H3. The molecular weight excluding hydrogens is 355 g/mol. The van der Waals surface area contributed by atoms with Crippen LogP contribution in [-0.4, -0.2) is 29.9 Å². The molecule has 3 aromatic rings. The molecule has 6 heteroatoms. The lowest BCUT2D eigenvalue weighted by Gasteiger charge is -2.19.